The second kappa shape index (κ2) is 1.83. The molecule has 2 rings (SSSR count). The first-order valence-corrected chi connectivity index (χ1v) is 3.50. The van der Waals surface area contributed by atoms with Crippen molar-refractivity contribution in [2.24, 2.45) is 5.73 Å². The minimum Gasteiger partial charge on any atom is -0.324 e. The van der Waals surface area contributed by atoms with E-state index in [1.165, 1.54) is 5.57 Å². The highest BCUT2D eigenvalue weighted by molar-refractivity contribution is 5.53. The van der Waals surface area contributed by atoms with Gasteiger partial charge in [0.25, 0.3) is 0 Å². The third-order valence-electron chi connectivity index (χ3n) is 2.33. The second-order valence-corrected chi connectivity index (χ2v) is 2.96. The Morgan fingerprint density at radius 2 is 2.60 bits per heavy atom. The van der Waals surface area contributed by atoms with Crippen molar-refractivity contribution in [2.45, 2.75) is 24.9 Å². The average molecular weight is 138 g/mol. The van der Waals surface area contributed by atoms with Crippen molar-refractivity contribution in [3.05, 3.63) is 11.8 Å². The summed E-state index contributed by atoms with van der Waals surface area (Å²) < 4.78 is 0. The molecule has 2 unspecified atom stereocenters. The van der Waals surface area contributed by atoms with Gasteiger partial charge in [0.15, 0.2) is 0 Å². The maximum atomic E-state index is 10.3. The smallest absolute Gasteiger partial charge is 0.213 e. The quantitative estimate of drug-likeness (QED) is 0.511. The van der Waals surface area contributed by atoms with Crippen LogP contribution in [0.1, 0.15) is 12.8 Å². The number of carbonyl (C=O) groups excluding carboxylic acids is 1. The van der Waals surface area contributed by atoms with Gasteiger partial charge in [0.1, 0.15) is 0 Å². The van der Waals surface area contributed by atoms with Crippen LogP contribution in [0.5, 0.6) is 0 Å². The molecule has 2 aliphatic rings. The fourth-order valence-corrected chi connectivity index (χ4v) is 1.74. The summed E-state index contributed by atoms with van der Waals surface area (Å²) in [4.78, 5) is 12.1. The number of rotatable bonds is 1. The molecule has 1 aliphatic heterocycles. The van der Waals surface area contributed by atoms with Crippen molar-refractivity contribution in [3.63, 3.8) is 0 Å². The summed E-state index contributed by atoms with van der Waals surface area (Å²) in [6.45, 7) is 0. The predicted octanol–water partition coefficient (Wildman–Crippen LogP) is -0.168. The molecular formula is C7H10N2O. The zero-order valence-electron chi connectivity index (χ0n) is 5.66. The lowest BCUT2D eigenvalue weighted by atomic mass is 10.1. The van der Waals surface area contributed by atoms with Gasteiger partial charge < -0.3 is 10.6 Å². The Kier molecular flexibility index (Phi) is 1.08. The van der Waals surface area contributed by atoms with E-state index in [1.807, 2.05) is 6.20 Å². The van der Waals surface area contributed by atoms with Gasteiger partial charge in [-0.15, -0.1) is 0 Å². The molecule has 0 radical (unpaired) electrons. The lowest BCUT2D eigenvalue weighted by molar-refractivity contribution is -0.117. The minimum absolute atomic E-state index is 0.223. The zero-order chi connectivity index (χ0) is 7.14. The van der Waals surface area contributed by atoms with E-state index >= 15 is 0 Å². The highest BCUT2D eigenvalue weighted by Crippen LogP contribution is 2.33. The molecule has 0 saturated heterocycles. The molecule has 2 N–H and O–H groups in total. The molecule has 1 fully saturated rings. The monoisotopic (exact) mass is 138 g/mol. The van der Waals surface area contributed by atoms with Crippen molar-refractivity contribution >= 4 is 6.41 Å². The van der Waals surface area contributed by atoms with Gasteiger partial charge in [-0.1, -0.05) is 0 Å². The maximum Gasteiger partial charge on any atom is 0.213 e. The zero-order valence-corrected chi connectivity index (χ0v) is 5.66. The summed E-state index contributed by atoms with van der Waals surface area (Å²) in [6.07, 6.45) is 4.71. The van der Waals surface area contributed by atoms with Crippen LogP contribution in [0.3, 0.4) is 0 Å². The highest BCUT2D eigenvalue weighted by Gasteiger charge is 2.35. The molecule has 0 aromatic carbocycles. The van der Waals surface area contributed by atoms with Gasteiger partial charge >= 0.3 is 0 Å². The van der Waals surface area contributed by atoms with Gasteiger partial charge in [-0.3, -0.25) is 4.79 Å². The Hall–Kier alpha value is -0.830. The normalized spacial score (nSPS) is 36.5. The van der Waals surface area contributed by atoms with Crippen LogP contribution in [0.25, 0.3) is 0 Å². The van der Waals surface area contributed by atoms with Crippen LogP contribution in [0.4, 0.5) is 0 Å². The topological polar surface area (TPSA) is 46.3 Å². The van der Waals surface area contributed by atoms with Crippen LogP contribution in [0.2, 0.25) is 0 Å². The second-order valence-electron chi connectivity index (χ2n) is 2.96. The van der Waals surface area contributed by atoms with Gasteiger partial charge in [0.2, 0.25) is 6.41 Å². The summed E-state index contributed by atoms with van der Waals surface area (Å²) in [5.41, 5.74) is 6.96. The summed E-state index contributed by atoms with van der Waals surface area (Å²) in [7, 11) is 0. The van der Waals surface area contributed by atoms with Crippen molar-refractivity contribution in [2.75, 3.05) is 0 Å². The number of carbonyl (C=O) groups is 1. The third kappa shape index (κ3) is 0.609. The Bertz CT molecular complexity index is 200. The maximum absolute atomic E-state index is 10.3. The molecular weight excluding hydrogens is 128 g/mol. The molecule has 1 heterocycles. The number of fused-ring (bicyclic) bond motifs is 2. The molecule has 2 bridgehead atoms. The van der Waals surface area contributed by atoms with E-state index in [4.69, 9.17) is 5.73 Å². The summed E-state index contributed by atoms with van der Waals surface area (Å²) in [5, 5.41) is 0. The van der Waals surface area contributed by atoms with E-state index < -0.39 is 0 Å². The highest BCUT2D eigenvalue weighted by atomic mass is 16.1. The minimum atomic E-state index is 0.223. The molecule has 1 amide bonds. The molecule has 2 atom stereocenters. The van der Waals surface area contributed by atoms with Crippen LogP contribution >= 0.6 is 0 Å². The van der Waals surface area contributed by atoms with E-state index in [0.29, 0.717) is 6.04 Å². The molecule has 54 valence electrons. The lowest BCUT2D eigenvalue weighted by Gasteiger charge is -2.20. The van der Waals surface area contributed by atoms with E-state index in [1.54, 1.807) is 4.90 Å². The Morgan fingerprint density at radius 3 is 3.00 bits per heavy atom. The average Bonchev–Trinajstić information content (AvgIpc) is 2.44. The van der Waals surface area contributed by atoms with Crippen LogP contribution in [-0.4, -0.2) is 23.4 Å². The summed E-state index contributed by atoms with van der Waals surface area (Å²) in [6, 6.07) is 0.601. The fraction of sp³-hybridized carbons (Fsp3) is 0.571. The van der Waals surface area contributed by atoms with Gasteiger partial charge in [-0.25, -0.2) is 0 Å². The third-order valence-corrected chi connectivity index (χ3v) is 2.33. The number of hydrogen-bond donors (Lipinski definition) is 1. The Morgan fingerprint density at radius 1 is 1.80 bits per heavy atom. The van der Waals surface area contributed by atoms with E-state index in [0.717, 1.165) is 19.3 Å². The van der Waals surface area contributed by atoms with E-state index in [2.05, 4.69) is 0 Å². The Labute approximate surface area is 59.5 Å². The summed E-state index contributed by atoms with van der Waals surface area (Å²) >= 11 is 0. The molecule has 10 heavy (non-hydrogen) atoms. The SMILES string of the molecule is NC1CC2CC1=CN2C=O. The first-order valence-electron chi connectivity index (χ1n) is 3.50. The number of nitrogens with two attached hydrogens (primary N) is 1. The Balaban J connectivity index is 2.24. The van der Waals surface area contributed by atoms with Crippen molar-refractivity contribution in [1.82, 2.24) is 4.90 Å². The van der Waals surface area contributed by atoms with Gasteiger partial charge in [-0.2, -0.15) is 0 Å². The first-order chi connectivity index (χ1) is 4.81. The number of hydrogen-bond acceptors (Lipinski definition) is 2. The van der Waals surface area contributed by atoms with Crippen molar-refractivity contribution in [3.8, 4) is 0 Å². The lowest BCUT2D eigenvalue weighted by Crippen LogP contribution is -2.31. The molecule has 0 aromatic heterocycles. The van der Waals surface area contributed by atoms with Gasteiger partial charge in [-0.05, 0) is 18.4 Å². The summed E-state index contributed by atoms with van der Waals surface area (Å²) in [5.74, 6) is 0. The standard InChI is InChI=1S/C7H10N2O/c8-7-2-6-1-5(7)3-9(6)4-10/h3-4,6-7H,1-2,8H2. The van der Waals surface area contributed by atoms with Gasteiger partial charge in [0, 0.05) is 18.3 Å². The molecule has 1 aliphatic carbocycles. The van der Waals surface area contributed by atoms with E-state index in [9.17, 15) is 4.79 Å². The largest absolute Gasteiger partial charge is 0.324 e. The number of amides is 1. The predicted molar refractivity (Wildman–Crippen MR) is 37.0 cm³/mol. The first kappa shape index (κ1) is 5.92. The van der Waals surface area contributed by atoms with Gasteiger partial charge in [0.05, 0.1) is 0 Å². The number of nitrogens with zero attached hydrogens (tertiary/aromatic N) is 1. The molecule has 0 aromatic rings. The van der Waals surface area contributed by atoms with Crippen molar-refractivity contribution in [1.29, 1.82) is 0 Å². The van der Waals surface area contributed by atoms with Crippen LogP contribution in [0.15, 0.2) is 11.8 Å². The fourth-order valence-electron chi connectivity index (χ4n) is 1.74. The van der Waals surface area contributed by atoms with Crippen LogP contribution in [-0.2, 0) is 4.79 Å². The van der Waals surface area contributed by atoms with Crippen LogP contribution < -0.4 is 5.73 Å². The molecule has 3 nitrogen and oxygen atoms in total. The van der Waals surface area contributed by atoms with E-state index in [-0.39, 0.29) is 6.04 Å². The van der Waals surface area contributed by atoms with Crippen LogP contribution in [0, 0.1) is 0 Å². The molecule has 1 saturated carbocycles. The molecule has 3 heteroatoms. The van der Waals surface area contributed by atoms with Crippen molar-refractivity contribution < 1.29 is 4.79 Å². The molecule has 0 spiro atoms.